The molecule has 1 heterocycles. The lowest BCUT2D eigenvalue weighted by atomic mass is 10.1. The Kier molecular flexibility index (Phi) is 3.86. The SMILES string of the molecule is OCc1oc(-c2ccc(Br)cc2)nc1-c1ccc(F)cc1. The van der Waals surface area contributed by atoms with Gasteiger partial charge in [0.05, 0.1) is 0 Å². The molecule has 0 aliphatic heterocycles. The second kappa shape index (κ2) is 5.79. The summed E-state index contributed by atoms with van der Waals surface area (Å²) < 4.78 is 19.6. The maximum absolute atomic E-state index is 13.0. The standard InChI is InChI=1S/C16H11BrFNO2/c17-12-5-1-11(2-6-12)16-19-15(14(9-20)21-16)10-3-7-13(18)8-4-10/h1-8,20H,9H2. The van der Waals surface area contributed by atoms with E-state index in [0.29, 0.717) is 22.9 Å². The molecular formula is C16H11BrFNO2. The Morgan fingerprint density at radius 2 is 1.62 bits per heavy atom. The highest BCUT2D eigenvalue weighted by molar-refractivity contribution is 9.10. The fourth-order valence-electron chi connectivity index (χ4n) is 2.01. The van der Waals surface area contributed by atoms with Gasteiger partial charge in [-0.25, -0.2) is 9.37 Å². The molecule has 3 aromatic rings. The normalized spacial score (nSPS) is 10.8. The zero-order valence-corrected chi connectivity index (χ0v) is 12.5. The molecule has 0 spiro atoms. The largest absolute Gasteiger partial charge is 0.438 e. The van der Waals surface area contributed by atoms with Gasteiger partial charge in [0.25, 0.3) is 0 Å². The van der Waals surface area contributed by atoms with E-state index in [-0.39, 0.29) is 12.4 Å². The second-order valence-corrected chi connectivity index (χ2v) is 5.38. The Morgan fingerprint density at radius 1 is 1.00 bits per heavy atom. The quantitative estimate of drug-likeness (QED) is 0.763. The molecule has 0 aliphatic rings. The summed E-state index contributed by atoms with van der Waals surface area (Å²) >= 11 is 3.37. The summed E-state index contributed by atoms with van der Waals surface area (Å²) in [6.45, 7) is -0.268. The van der Waals surface area contributed by atoms with Gasteiger partial charge in [-0.3, -0.25) is 0 Å². The Balaban J connectivity index is 2.05. The first kappa shape index (κ1) is 14.0. The molecule has 0 bridgehead atoms. The lowest BCUT2D eigenvalue weighted by molar-refractivity contribution is 0.249. The number of aliphatic hydroxyl groups excluding tert-OH is 1. The van der Waals surface area contributed by atoms with Crippen molar-refractivity contribution in [3.05, 3.63) is 64.6 Å². The molecular weight excluding hydrogens is 337 g/mol. The number of hydrogen-bond acceptors (Lipinski definition) is 3. The minimum Gasteiger partial charge on any atom is -0.438 e. The van der Waals surface area contributed by atoms with Gasteiger partial charge in [0.1, 0.15) is 18.1 Å². The van der Waals surface area contributed by atoms with Crippen molar-refractivity contribution < 1.29 is 13.9 Å². The molecule has 0 saturated carbocycles. The Hall–Kier alpha value is -1.98. The fourth-order valence-corrected chi connectivity index (χ4v) is 2.27. The van der Waals surface area contributed by atoms with Crippen LogP contribution in [0.25, 0.3) is 22.7 Å². The average Bonchev–Trinajstić information content (AvgIpc) is 2.93. The number of halogens is 2. The Morgan fingerprint density at radius 3 is 2.24 bits per heavy atom. The van der Waals surface area contributed by atoms with E-state index in [1.54, 1.807) is 12.1 Å². The third kappa shape index (κ3) is 2.89. The molecule has 5 heteroatoms. The van der Waals surface area contributed by atoms with E-state index in [1.165, 1.54) is 12.1 Å². The van der Waals surface area contributed by atoms with Crippen LogP contribution in [0.15, 0.2) is 57.4 Å². The van der Waals surface area contributed by atoms with E-state index in [1.807, 2.05) is 24.3 Å². The van der Waals surface area contributed by atoms with Crippen molar-refractivity contribution in [2.24, 2.45) is 0 Å². The van der Waals surface area contributed by atoms with E-state index in [9.17, 15) is 9.50 Å². The highest BCUT2D eigenvalue weighted by atomic mass is 79.9. The molecule has 3 rings (SSSR count). The van der Waals surface area contributed by atoms with Gasteiger partial charge in [0.15, 0.2) is 5.76 Å². The number of aliphatic hydroxyl groups is 1. The zero-order chi connectivity index (χ0) is 14.8. The summed E-state index contributed by atoms with van der Waals surface area (Å²) in [6.07, 6.45) is 0. The first-order chi connectivity index (χ1) is 10.2. The highest BCUT2D eigenvalue weighted by Crippen LogP contribution is 2.29. The number of hydrogen-bond donors (Lipinski definition) is 1. The first-order valence-electron chi connectivity index (χ1n) is 6.30. The number of rotatable bonds is 3. The van der Waals surface area contributed by atoms with Crippen LogP contribution in [0.5, 0.6) is 0 Å². The van der Waals surface area contributed by atoms with Crippen LogP contribution in [-0.2, 0) is 6.61 Å². The summed E-state index contributed by atoms with van der Waals surface area (Å²) in [7, 11) is 0. The molecule has 2 aromatic carbocycles. The van der Waals surface area contributed by atoms with E-state index >= 15 is 0 Å². The molecule has 0 fully saturated rings. The maximum atomic E-state index is 13.0. The predicted octanol–water partition coefficient (Wildman–Crippen LogP) is 4.40. The van der Waals surface area contributed by atoms with Crippen LogP contribution in [-0.4, -0.2) is 10.1 Å². The van der Waals surface area contributed by atoms with Crippen LogP contribution in [0.2, 0.25) is 0 Å². The summed E-state index contributed by atoms with van der Waals surface area (Å²) in [5, 5.41) is 9.42. The van der Waals surface area contributed by atoms with Gasteiger partial charge >= 0.3 is 0 Å². The molecule has 0 saturated heterocycles. The van der Waals surface area contributed by atoms with E-state index in [0.717, 1.165) is 10.0 Å². The summed E-state index contributed by atoms with van der Waals surface area (Å²) in [4.78, 5) is 4.42. The van der Waals surface area contributed by atoms with E-state index in [2.05, 4.69) is 20.9 Å². The first-order valence-corrected chi connectivity index (χ1v) is 7.09. The van der Waals surface area contributed by atoms with Crippen LogP contribution in [0.4, 0.5) is 4.39 Å². The average molecular weight is 348 g/mol. The third-order valence-electron chi connectivity index (χ3n) is 3.05. The number of aromatic nitrogens is 1. The fraction of sp³-hybridized carbons (Fsp3) is 0.0625. The van der Waals surface area contributed by atoms with Crippen LogP contribution < -0.4 is 0 Å². The van der Waals surface area contributed by atoms with Gasteiger partial charge in [-0.2, -0.15) is 0 Å². The molecule has 0 aliphatic carbocycles. The molecule has 0 radical (unpaired) electrons. The maximum Gasteiger partial charge on any atom is 0.227 e. The van der Waals surface area contributed by atoms with Crippen molar-refractivity contribution in [1.29, 1.82) is 0 Å². The van der Waals surface area contributed by atoms with Gasteiger partial charge in [-0.05, 0) is 48.5 Å². The van der Waals surface area contributed by atoms with Gasteiger partial charge < -0.3 is 9.52 Å². The monoisotopic (exact) mass is 347 g/mol. The van der Waals surface area contributed by atoms with Gasteiger partial charge in [-0.15, -0.1) is 0 Å². The molecule has 0 unspecified atom stereocenters. The molecule has 3 nitrogen and oxygen atoms in total. The van der Waals surface area contributed by atoms with Crippen LogP contribution in [0, 0.1) is 5.82 Å². The second-order valence-electron chi connectivity index (χ2n) is 4.46. The zero-order valence-electron chi connectivity index (χ0n) is 10.9. The minimum atomic E-state index is -0.319. The van der Waals surface area contributed by atoms with Crippen molar-refractivity contribution in [3.8, 4) is 22.7 Å². The Bertz CT molecular complexity index is 751. The Labute approximate surface area is 129 Å². The smallest absolute Gasteiger partial charge is 0.227 e. The summed E-state index contributed by atoms with van der Waals surface area (Å²) in [5.74, 6) is 0.464. The molecule has 21 heavy (non-hydrogen) atoms. The van der Waals surface area contributed by atoms with Crippen LogP contribution in [0.3, 0.4) is 0 Å². The van der Waals surface area contributed by atoms with Gasteiger partial charge in [0.2, 0.25) is 5.89 Å². The third-order valence-corrected chi connectivity index (χ3v) is 3.58. The molecule has 106 valence electrons. The van der Waals surface area contributed by atoms with E-state index < -0.39 is 0 Å². The number of benzene rings is 2. The lowest BCUT2D eigenvalue weighted by Gasteiger charge is -1.97. The number of nitrogens with zero attached hydrogens (tertiary/aromatic N) is 1. The lowest BCUT2D eigenvalue weighted by Crippen LogP contribution is -1.86. The topological polar surface area (TPSA) is 46.3 Å². The number of oxazole rings is 1. The summed E-state index contributed by atoms with van der Waals surface area (Å²) in [6, 6.07) is 13.4. The van der Waals surface area contributed by atoms with Crippen molar-refractivity contribution in [2.75, 3.05) is 0 Å². The van der Waals surface area contributed by atoms with Gasteiger partial charge in [-0.1, -0.05) is 15.9 Å². The summed E-state index contributed by atoms with van der Waals surface area (Å²) in [5.41, 5.74) is 2.03. The molecule has 0 atom stereocenters. The highest BCUT2D eigenvalue weighted by Gasteiger charge is 2.15. The van der Waals surface area contributed by atoms with Crippen molar-refractivity contribution >= 4 is 15.9 Å². The van der Waals surface area contributed by atoms with Crippen LogP contribution >= 0.6 is 15.9 Å². The minimum absolute atomic E-state index is 0.268. The molecule has 0 amide bonds. The van der Waals surface area contributed by atoms with Crippen molar-refractivity contribution in [3.63, 3.8) is 0 Å². The van der Waals surface area contributed by atoms with E-state index in [4.69, 9.17) is 4.42 Å². The predicted molar refractivity (Wildman–Crippen MR) is 81.0 cm³/mol. The van der Waals surface area contributed by atoms with Crippen LogP contribution in [0.1, 0.15) is 5.76 Å². The van der Waals surface area contributed by atoms with Crippen molar-refractivity contribution in [1.82, 2.24) is 4.98 Å². The van der Waals surface area contributed by atoms with Crippen molar-refractivity contribution in [2.45, 2.75) is 6.61 Å². The van der Waals surface area contributed by atoms with Gasteiger partial charge in [0, 0.05) is 15.6 Å². The molecule has 1 aromatic heterocycles. The molecule has 1 N–H and O–H groups in total.